The molecule has 0 unspecified atom stereocenters. The van der Waals surface area contributed by atoms with Gasteiger partial charge < -0.3 is 8.98 Å². The molecule has 0 aliphatic heterocycles. The molecule has 0 atom stereocenters. The van der Waals surface area contributed by atoms with E-state index in [1.165, 1.54) is 70.9 Å². The van der Waals surface area contributed by atoms with Gasteiger partial charge in [0.05, 0.1) is 11.0 Å². The Morgan fingerprint density at radius 2 is 0.806 bits per heavy atom. The summed E-state index contributed by atoms with van der Waals surface area (Å²) in [5, 5.41) is 12.1. The molecule has 0 fully saturated rings. The Kier molecular flexibility index (Phi) is 7.64. The lowest BCUT2D eigenvalue weighted by Crippen LogP contribution is -1.98. The molecule has 0 spiro atoms. The molecule has 0 radical (unpaired) electrons. The SMILES string of the molecule is c1ccc(-c2ccc(-c3cc(-c4ccccc4)cc(-n4c5c(-c6cccc7c6oc6ccc8ccccc8c67)cccc5c5c6ccccc6c6ccccc6c54)c3)cc2)cc1. The van der Waals surface area contributed by atoms with Crippen molar-refractivity contribution >= 4 is 76.1 Å². The quantitative estimate of drug-likeness (QED) is 0.159. The average Bonchev–Trinajstić information content (AvgIpc) is 3.92. The van der Waals surface area contributed by atoms with Crippen LogP contribution in [0.3, 0.4) is 0 Å². The summed E-state index contributed by atoms with van der Waals surface area (Å²) in [6, 6.07) is 81.7. The Hall–Kier alpha value is -8.20. The van der Waals surface area contributed by atoms with Gasteiger partial charge in [0.25, 0.3) is 0 Å². The maximum absolute atomic E-state index is 6.94. The maximum atomic E-state index is 6.94. The highest BCUT2D eigenvalue weighted by Gasteiger charge is 2.24. The van der Waals surface area contributed by atoms with Crippen molar-refractivity contribution in [2.24, 2.45) is 0 Å². The van der Waals surface area contributed by atoms with Gasteiger partial charge in [-0.2, -0.15) is 0 Å². The van der Waals surface area contributed by atoms with E-state index < -0.39 is 0 Å². The minimum Gasteiger partial charge on any atom is -0.455 e. The van der Waals surface area contributed by atoms with Crippen LogP contribution in [0.5, 0.6) is 0 Å². The van der Waals surface area contributed by atoms with Gasteiger partial charge in [0, 0.05) is 43.7 Å². The first-order valence-corrected chi connectivity index (χ1v) is 21.3. The average molecular weight is 788 g/mol. The third-order valence-corrected chi connectivity index (χ3v) is 12.9. The Morgan fingerprint density at radius 1 is 0.290 bits per heavy atom. The summed E-state index contributed by atoms with van der Waals surface area (Å²) in [6.45, 7) is 0. The summed E-state index contributed by atoms with van der Waals surface area (Å²) < 4.78 is 9.50. The topological polar surface area (TPSA) is 18.1 Å². The molecule has 11 aromatic carbocycles. The van der Waals surface area contributed by atoms with Crippen molar-refractivity contribution in [1.82, 2.24) is 4.57 Å². The van der Waals surface area contributed by atoms with Crippen LogP contribution in [0.2, 0.25) is 0 Å². The van der Waals surface area contributed by atoms with Crippen molar-refractivity contribution in [1.29, 1.82) is 0 Å². The van der Waals surface area contributed by atoms with Crippen LogP contribution in [0.15, 0.2) is 229 Å². The number of hydrogen-bond donors (Lipinski definition) is 0. The highest BCUT2D eigenvalue weighted by Crippen LogP contribution is 2.48. The molecule has 2 heterocycles. The highest BCUT2D eigenvalue weighted by molar-refractivity contribution is 6.33. The molecule has 62 heavy (non-hydrogen) atoms. The van der Waals surface area contributed by atoms with Crippen LogP contribution in [0, 0.1) is 0 Å². The second-order valence-electron chi connectivity index (χ2n) is 16.4. The number of furan rings is 1. The van der Waals surface area contributed by atoms with Crippen LogP contribution in [-0.4, -0.2) is 4.57 Å². The van der Waals surface area contributed by atoms with Gasteiger partial charge in [-0.3, -0.25) is 0 Å². The first-order chi connectivity index (χ1) is 30.8. The van der Waals surface area contributed by atoms with Gasteiger partial charge in [-0.1, -0.05) is 200 Å². The highest BCUT2D eigenvalue weighted by atomic mass is 16.3. The molecule has 0 aliphatic rings. The van der Waals surface area contributed by atoms with Crippen molar-refractivity contribution in [3.63, 3.8) is 0 Å². The fourth-order valence-electron chi connectivity index (χ4n) is 10.2. The summed E-state index contributed by atoms with van der Waals surface area (Å²) in [5.41, 5.74) is 14.5. The van der Waals surface area contributed by atoms with E-state index in [9.17, 15) is 0 Å². The van der Waals surface area contributed by atoms with Gasteiger partial charge in [0.1, 0.15) is 11.2 Å². The fraction of sp³-hybridized carbons (Fsp3) is 0. The normalized spacial score (nSPS) is 11.9. The van der Waals surface area contributed by atoms with E-state index in [0.717, 1.165) is 55.4 Å². The van der Waals surface area contributed by atoms with Gasteiger partial charge in [-0.15, -0.1) is 0 Å². The molecule has 288 valence electrons. The van der Waals surface area contributed by atoms with Gasteiger partial charge in [0.15, 0.2) is 0 Å². The summed E-state index contributed by atoms with van der Waals surface area (Å²) >= 11 is 0. The molecule has 2 heteroatoms. The van der Waals surface area contributed by atoms with Crippen molar-refractivity contribution in [2.45, 2.75) is 0 Å². The molecule has 0 saturated heterocycles. The predicted octanol–water partition coefficient (Wildman–Crippen LogP) is 16.8. The number of fused-ring (bicyclic) bond motifs is 13. The largest absolute Gasteiger partial charge is 0.455 e. The molecule has 13 aromatic rings. The summed E-state index contributed by atoms with van der Waals surface area (Å²) in [7, 11) is 0. The third-order valence-electron chi connectivity index (χ3n) is 12.9. The van der Waals surface area contributed by atoms with E-state index in [0.29, 0.717) is 0 Å². The molecule has 0 saturated carbocycles. The minimum absolute atomic E-state index is 0.898. The molecule has 2 nitrogen and oxygen atoms in total. The number of aromatic nitrogens is 1. The van der Waals surface area contributed by atoms with Crippen molar-refractivity contribution in [3.8, 4) is 50.2 Å². The Morgan fingerprint density at radius 3 is 1.52 bits per heavy atom. The van der Waals surface area contributed by atoms with Crippen molar-refractivity contribution in [2.75, 3.05) is 0 Å². The van der Waals surface area contributed by atoms with Crippen LogP contribution >= 0.6 is 0 Å². The monoisotopic (exact) mass is 787 g/mol. The molecular formula is C60H37NO. The summed E-state index contributed by atoms with van der Waals surface area (Å²) in [4.78, 5) is 0. The Bertz CT molecular complexity index is 3890. The van der Waals surface area contributed by atoms with Gasteiger partial charge in [-0.25, -0.2) is 0 Å². The number of hydrogen-bond acceptors (Lipinski definition) is 1. The second-order valence-corrected chi connectivity index (χ2v) is 16.4. The van der Waals surface area contributed by atoms with Crippen molar-refractivity contribution < 1.29 is 4.42 Å². The molecule has 0 bridgehead atoms. The van der Waals surface area contributed by atoms with Crippen LogP contribution in [0.1, 0.15) is 0 Å². The lowest BCUT2D eigenvalue weighted by molar-refractivity contribution is 0.670. The van der Waals surface area contributed by atoms with Crippen LogP contribution in [-0.2, 0) is 0 Å². The third kappa shape index (κ3) is 5.23. The van der Waals surface area contributed by atoms with E-state index in [1.807, 2.05) is 0 Å². The minimum atomic E-state index is 0.898. The van der Waals surface area contributed by atoms with E-state index in [4.69, 9.17) is 4.42 Å². The van der Waals surface area contributed by atoms with E-state index in [1.54, 1.807) is 0 Å². The first kappa shape index (κ1) is 34.6. The van der Waals surface area contributed by atoms with Gasteiger partial charge >= 0.3 is 0 Å². The second kappa shape index (κ2) is 13.7. The molecular weight excluding hydrogens is 751 g/mol. The fourth-order valence-corrected chi connectivity index (χ4v) is 10.2. The molecule has 0 N–H and O–H groups in total. The van der Waals surface area contributed by atoms with Crippen LogP contribution < -0.4 is 0 Å². The lowest BCUT2D eigenvalue weighted by Gasteiger charge is -2.17. The smallest absolute Gasteiger partial charge is 0.143 e. The first-order valence-electron chi connectivity index (χ1n) is 21.3. The Labute approximate surface area is 358 Å². The molecule has 0 amide bonds. The maximum Gasteiger partial charge on any atom is 0.143 e. The zero-order valence-corrected chi connectivity index (χ0v) is 33.7. The van der Waals surface area contributed by atoms with Crippen LogP contribution in [0.25, 0.3) is 126 Å². The molecule has 13 rings (SSSR count). The molecule has 2 aromatic heterocycles. The standard InChI is InChI=1S/C60H37NO/c1-3-15-38(16-4-1)40-29-31-41(32-30-40)44-35-43(39-17-5-2-6-18-39)36-45(37-44)61-58-51(52-26-14-28-54-56-46-20-8-7-19-42(46)33-34-55(56)62-60(52)54)25-13-27-53(58)57-49-23-11-9-21-47(49)48-22-10-12-24-50(48)59(57)61/h1-37H. The summed E-state index contributed by atoms with van der Waals surface area (Å²) in [6.07, 6.45) is 0. The number of benzene rings is 11. The van der Waals surface area contributed by atoms with Crippen LogP contribution in [0.4, 0.5) is 0 Å². The van der Waals surface area contributed by atoms with Gasteiger partial charge in [-0.05, 0) is 84.6 Å². The van der Waals surface area contributed by atoms with Crippen molar-refractivity contribution in [3.05, 3.63) is 224 Å². The predicted molar refractivity (Wildman–Crippen MR) is 262 cm³/mol. The van der Waals surface area contributed by atoms with E-state index >= 15 is 0 Å². The number of rotatable bonds is 5. The lowest BCUT2D eigenvalue weighted by atomic mass is 9.95. The number of nitrogens with zero attached hydrogens (tertiary/aromatic N) is 1. The zero-order valence-electron chi connectivity index (χ0n) is 33.7. The Balaban J connectivity index is 1.17. The number of para-hydroxylation sites is 2. The van der Waals surface area contributed by atoms with E-state index in [-0.39, 0.29) is 0 Å². The van der Waals surface area contributed by atoms with Gasteiger partial charge in [0.2, 0.25) is 0 Å². The zero-order chi connectivity index (χ0) is 40.7. The summed E-state index contributed by atoms with van der Waals surface area (Å²) in [5.74, 6) is 0. The van der Waals surface area contributed by atoms with E-state index in [2.05, 4.69) is 229 Å². The molecule has 0 aliphatic carbocycles.